The van der Waals surface area contributed by atoms with E-state index in [-0.39, 0.29) is 11.6 Å². The maximum absolute atomic E-state index is 15.2. The first kappa shape index (κ1) is 47.7. The quantitative estimate of drug-likeness (QED) is 0.0800. The Kier molecular flexibility index (Phi) is 14.1. The van der Waals surface area contributed by atoms with Gasteiger partial charge in [-0.1, -0.05) is 200 Å². The Morgan fingerprint density at radius 2 is 0.829 bits per heavy atom. The minimum atomic E-state index is -0.479. The molecular formula is C62H51ClN3O3Ru. The van der Waals surface area contributed by atoms with Gasteiger partial charge in [-0.15, -0.1) is 0 Å². The number of ketones is 2. The Labute approximate surface area is 422 Å². The van der Waals surface area contributed by atoms with Gasteiger partial charge in [0.15, 0.2) is 11.6 Å². The van der Waals surface area contributed by atoms with Crippen LogP contribution in [0.25, 0.3) is 67.1 Å². The molecule has 1 saturated carbocycles. The molecule has 0 saturated heterocycles. The number of nitroso groups, excluding NO2 is 1. The van der Waals surface area contributed by atoms with Crippen molar-refractivity contribution in [2.45, 2.75) is 50.6 Å². The summed E-state index contributed by atoms with van der Waals surface area (Å²) in [4.78, 5) is 37.9. The van der Waals surface area contributed by atoms with E-state index >= 15 is 9.59 Å². The summed E-state index contributed by atoms with van der Waals surface area (Å²) in [5, 5.41) is 15.8. The molecule has 8 aromatic rings. The molecule has 3 aliphatic carbocycles. The van der Waals surface area contributed by atoms with Gasteiger partial charge in [-0.2, -0.15) is 4.91 Å². The number of carbonyl (C=O) groups excluding carboxylic acids is 2. The topological polar surface area (TPSA) is 99.1 Å². The summed E-state index contributed by atoms with van der Waals surface area (Å²) in [7, 11) is 4.57. The Morgan fingerprint density at radius 3 is 1.24 bits per heavy atom. The molecule has 0 spiro atoms. The van der Waals surface area contributed by atoms with E-state index in [1.54, 1.807) is 0 Å². The summed E-state index contributed by atoms with van der Waals surface area (Å²) in [5.74, 6) is -0.0308. The Balaban J connectivity index is 0.00000148. The summed E-state index contributed by atoms with van der Waals surface area (Å²) in [6, 6.07) is 62.5. The number of halogens is 1. The molecule has 3 aliphatic rings. The van der Waals surface area contributed by atoms with Crippen LogP contribution in [0.15, 0.2) is 206 Å². The van der Waals surface area contributed by atoms with Gasteiger partial charge in [0.05, 0.1) is 11.1 Å². The number of hydrogen-bond donors (Lipinski definition) is 3. The zero-order valence-corrected chi connectivity index (χ0v) is 41.4. The molecule has 11 rings (SSSR count). The molecule has 347 valence electrons. The van der Waals surface area contributed by atoms with E-state index < -0.39 is 11.1 Å². The van der Waals surface area contributed by atoms with Crippen molar-refractivity contribution in [3.05, 3.63) is 242 Å². The first-order valence-corrected chi connectivity index (χ1v) is 25.7. The molecule has 8 aromatic carbocycles. The molecule has 0 bridgehead atoms. The van der Waals surface area contributed by atoms with Crippen molar-refractivity contribution in [1.29, 1.82) is 5.59 Å². The number of benzene rings is 8. The van der Waals surface area contributed by atoms with Crippen molar-refractivity contribution in [3.63, 3.8) is 0 Å². The molecule has 0 aromatic heterocycles. The van der Waals surface area contributed by atoms with E-state index in [2.05, 4.69) is 185 Å². The number of carbonyl (C=O) groups is 2. The molecular weight excluding hydrogens is 971 g/mol. The van der Waals surface area contributed by atoms with Gasteiger partial charge in [-0.25, -0.2) is 0 Å². The number of Topliss-reactive ketones (excluding diaryl/α,β-unsaturated/α-hetero) is 2. The molecule has 2 atom stereocenters. The molecule has 0 aliphatic heterocycles. The standard InChI is InChI=1S/C62H50N2O2.ClH.HNO.Ru/c1-61(63-39-47-37-45-25-11-15-29-51(45)57(59(47)65)55-49-27-13-9-23-43(49)31-33-53(55)41-19-5-3-6-20-41)35-17-18-36-62(61,2)64-40-48-38-46-26-12-16-30-52(46)58(60(48)66)56-50-28-14-10-24-44(50)32-34-54(56)42-21-7-4-8-22-42;;1-2;/h3-16,19-34,37-40,63-64H,17-18,35-36H2,1-2H3;1H;1H;/q;;;+1/p-1/b47-39-,48-40-;;;/t61-,62-;;;/m1.../s1. The van der Waals surface area contributed by atoms with Crippen LogP contribution >= 0.6 is 9.69 Å². The summed E-state index contributed by atoms with van der Waals surface area (Å²) in [5.41, 5.74) is 12.3. The van der Waals surface area contributed by atoms with Crippen molar-refractivity contribution >= 4 is 66.1 Å². The molecule has 70 heavy (non-hydrogen) atoms. The fourth-order valence-electron chi connectivity index (χ4n) is 10.7. The van der Waals surface area contributed by atoms with Crippen molar-refractivity contribution in [3.8, 4) is 22.3 Å². The van der Waals surface area contributed by atoms with Crippen LogP contribution in [0.2, 0.25) is 0 Å². The molecule has 0 heterocycles. The fraction of sp³-hybridized carbons (Fsp3) is 0.129. The van der Waals surface area contributed by atoms with E-state index in [4.69, 9.17) is 4.91 Å². The van der Waals surface area contributed by atoms with E-state index in [1.807, 2.05) is 78.3 Å². The second-order valence-electron chi connectivity index (χ2n) is 18.4. The molecule has 0 amide bonds. The average Bonchev–Trinajstić information content (AvgIpc) is 3.42. The van der Waals surface area contributed by atoms with Crippen molar-refractivity contribution < 1.29 is 26.9 Å². The van der Waals surface area contributed by atoms with Gasteiger partial charge in [0, 0.05) is 45.8 Å². The van der Waals surface area contributed by atoms with E-state index in [0.717, 1.165) is 101 Å². The van der Waals surface area contributed by atoms with Crippen molar-refractivity contribution in [2.75, 3.05) is 0 Å². The average molecular weight is 1020 g/mol. The minimum absolute atomic E-state index is 0.0154. The van der Waals surface area contributed by atoms with Gasteiger partial charge in [0.2, 0.25) is 0 Å². The first-order valence-electron chi connectivity index (χ1n) is 23.5. The van der Waals surface area contributed by atoms with Gasteiger partial charge >= 0.3 is 27.0 Å². The van der Waals surface area contributed by atoms with Crippen LogP contribution in [0.3, 0.4) is 0 Å². The van der Waals surface area contributed by atoms with Crippen LogP contribution in [0, 0.1) is 10.5 Å². The third kappa shape index (κ3) is 8.81. The zero-order chi connectivity index (χ0) is 48.8. The number of fused-ring (bicyclic) bond motifs is 4. The van der Waals surface area contributed by atoms with Crippen LogP contribution in [-0.4, -0.2) is 22.6 Å². The van der Waals surface area contributed by atoms with Crippen LogP contribution < -0.4 is 31.5 Å². The van der Waals surface area contributed by atoms with Crippen molar-refractivity contribution in [2.24, 2.45) is 0 Å². The number of allylic oxidation sites excluding steroid dienone is 2. The van der Waals surface area contributed by atoms with E-state index in [1.165, 1.54) is 0 Å². The molecule has 8 heteroatoms. The Hall–Kier alpha value is -7.31. The first-order chi connectivity index (χ1) is 34.3. The molecule has 3 N–H and O–H groups in total. The molecule has 0 radical (unpaired) electrons. The number of hydrogen-bond acceptors (Lipinski definition) is 6. The summed E-state index contributed by atoms with van der Waals surface area (Å²) in [6.07, 6.45) is 11.8. The number of rotatable bonds is 8. The monoisotopic (exact) mass is 1020 g/mol. The van der Waals surface area contributed by atoms with E-state index in [9.17, 15) is 0 Å². The van der Waals surface area contributed by atoms with Crippen LogP contribution in [0.5, 0.6) is 0 Å². The fourth-order valence-corrected chi connectivity index (χ4v) is 10.7. The second kappa shape index (κ2) is 20.7. The Morgan fingerprint density at radius 1 is 0.471 bits per heavy atom. The summed E-state index contributed by atoms with van der Waals surface area (Å²) >= 11 is 1.82. The second-order valence-corrected chi connectivity index (χ2v) is 18.4. The number of nitrogens with one attached hydrogen (secondary N) is 3. The van der Waals surface area contributed by atoms with Crippen LogP contribution in [-0.2, 0) is 26.9 Å². The Bertz CT molecular complexity index is 3410. The van der Waals surface area contributed by atoms with Gasteiger partial charge in [-0.05, 0) is 104 Å². The summed E-state index contributed by atoms with van der Waals surface area (Å²) in [6.45, 7) is 4.50. The van der Waals surface area contributed by atoms with E-state index in [0.29, 0.717) is 22.3 Å². The van der Waals surface area contributed by atoms with Crippen LogP contribution in [0.1, 0.15) is 50.7 Å². The molecule has 6 nitrogen and oxygen atoms in total. The zero-order valence-electron chi connectivity index (χ0n) is 38.9. The normalized spacial score (nSPS) is 19.4. The molecule has 1 fully saturated rings. The maximum atomic E-state index is 15.2. The predicted octanol–water partition coefficient (Wildman–Crippen LogP) is 11.2. The summed E-state index contributed by atoms with van der Waals surface area (Å²) < 4.78 is 0. The van der Waals surface area contributed by atoms with Gasteiger partial charge in [0.25, 0.3) is 0 Å². The van der Waals surface area contributed by atoms with Crippen molar-refractivity contribution in [1.82, 2.24) is 10.6 Å². The van der Waals surface area contributed by atoms with Gasteiger partial charge < -0.3 is 10.6 Å². The molecule has 0 unspecified atom stereocenters. The third-order valence-electron chi connectivity index (χ3n) is 14.5. The SMILES string of the molecule is C[C@@]1(N/C=C2/C=c3ccccc3=C(c3c(-c4ccccc4)ccc4ccccc34)C2=O)CCCC[C@@]1(C)N/C=C1/C=c2ccccc2=C(c2c(-c3ccccc3)ccc3ccccc23)C1=O.N=O.[Cl][Ru]. The van der Waals surface area contributed by atoms with Gasteiger partial charge in [0.1, 0.15) is 0 Å². The third-order valence-corrected chi connectivity index (χ3v) is 14.5. The van der Waals surface area contributed by atoms with Crippen LogP contribution in [0.4, 0.5) is 0 Å². The van der Waals surface area contributed by atoms with Gasteiger partial charge in [-0.3, -0.25) is 9.59 Å². The predicted molar refractivity (Wildman–Crippen MR) is 284 cm³/mol.